The number of alkyl carbamates (subject to hydrolysis) is 2. The Labute approximate surface area is 573 Å². The zero-order valence-electron chi connectivity index (χ0n) is 59.1. The number of hydrogen-bond acceptors (Lipinski definition) is 13. The van der Waals surface area contributed by atoms with E-state index in [1.165, 1.54) is 29.8 Å². The predicted molar refractivity (Wildman–Crippen MR) is 375 cm³/mol. The number of nitrogens with zero attached hydrogens (tertiary/aromatic N) is 2. The van der Waals surface area contributed by atoms with Gasteiger partial charge in [0.05, 0.1) is 11.8 Å². The van der Waals surface area contributed by atoms with Crippen LogP contribution in [0.15, 0.2) is 145 Å². The Kier molecular flexibility index (Phi) is 26.4. The van der Waals surface area contributed by atoms with E-state index in [2.05, 4.69) is 31.3 Å². The van der Waals surface area contributed by atoms with Crippen molar-refractivity contribution >= 4 is 57.8 Å². The van der Waals surface area contributed by atoms with Crippen LogP contribution in [0.3, 0.4) is 0 Å². The number of fused-ring (bicyclic) bond motifs is 3. The third-order valence-corrected chi connectivity index (χ3v) is 17.9. The highest BCUT2D eigenvalue weighted by Gasteiger charge is 2.46. The molecule has 6 N–H and O–H groups in total. The van der Waals surface area contributed by atoms with Gasteiger partial charge in [-0.15, -0.1) is 0 Å². The van der Waals surface area contributed by atoms with E-state index in [9.17, 15) is 46.8 Å². The molecule has 6 rings (SSSR count). The predicted octanol–water partition coefficient (Wildman–Crippen LogP) is 10.8. The van der Waals surface area contributed by atoms with Crippen molar-refractivity contribution in [3.8, 4) is 11.1 Å². The largest absolute Gasteiger partial charge is 0.449 e. The molecule has 0 saturated heterocycles. The molecule has 0 saturated carbocycles. The minimum absolute atomic E-state index is 0.0125. The molecule has 5 aromatic carbocycles. The van der Waals surface area contributed by atoms with Crippen LogP contribution in [0.2, 0.25) is 0 Å². The molecule has 0 unspecified atom stereocenters. The van der Waals surface area contributed by atoms with Crippen LogP contribution in [-0.4, -0.2) is 135 Å². The topological polar surface area (TPSA) is 277 Å². The van der Waals surface area contributed by atoms with Gasteiger partial charge in [0.1, 0.15) is 42.0 Å². The van der Waals surface area contributed by atoms with Gasteiger partial charge in [-0.2, -0.15) is 0 Å². The SMILES string of the molecule is C/C(=C\[C@H](C(C)C)N(C)C(=O)[C@@H](NC(=O)[C@@H](N(C)C(=O)OC(C)(C)C)C(C)(C)c1ccccc1)C(C)(C)C)C(=O)NS(=O)(=O)Cc1ccc(CNC(=O)[C@H](CCCCNC(=O)OC(C)(C)C)NC(=O)[C@H](Cc2ccccc2)NC(=O)OCC2c3ccccc3-c3ccccc32)cc1. The number of benzene rings is 5. The van der Waals surface area contributed by atoms with E-state index in [1.807, 2.05) is 137 Å². The summed E-state index contributed by atoms with van der Waals surface area (Å²) in [7, 11) is -1.27. The van der Waals surface area contributed by atoms with Gasteiger partial charge in [-0.25, -0.2) is 27.5 Å². The lowest BCUT2D eigenvalue weighted by Crippen LogP contribution is -2.63. The van der Waals surface area contributed by atoms with Crippen molar-refractivity contribution in [2.24, 2.45) is 11.3 Å². The van der Waals surface area contributed by atoms with E-state index in [0.717, 1.165) is 33.4 Å². The fraction of sp³-hybridized carbons (Fsp3) is 0.467. The lowest BCUT2D eigenvalue weighted by atomic mass is 9.76. The second-order valence-electron chi connectivity index (χ2n) is 28.8. The van der Waals surface area contributed by atoms with Crippen molar-refractivity contribution in [1.29, 1.82) is 0 Å². The maximum Gasteiger partial charge on any atom is 0.410 e. The molecule has 0 spiro atoms. The van der Waals surface area contributed by atoms with E-state index in [4.69, 9.17) is 14.2 Å². The van der Waals surface area contributed by atoms with Crippen LogP contribution in [-0.2, 0) is 72.3 Å². The minimum atomic E-state index is -4.31. The first kappa shape index (κ1) is 77.0. The molecule has 5 aromatic rings. The van der Waals surface area contributed by atoms with E-state index >= 15 is 0 Å². The Hall–Kier alpha value is -9.05. The molecule has 1 aliphatic carbocycles. The summed E-state index contributed by atoms with van der Waals surface area (Å²) in [6, 6.07) is 35.3. The lowest BCUT2D eigenvalue weighted by Gasteiger charge is -2.42. The minimum Gasteiger partial charge on any atom is -0.449 e. The maximum absolute atomic E-state index is 14.8. The van der Waals surface area contributed by atoms with Crippen molar-refractivity contribution in [2.45, 2.75) is 188 Å². The molecule has 1 aliphatic rings. The second kappa shape index (κ2) is 33.3. The van der Waals surface area contributed by atoms with Crippen LogP contribution in [0.1, 0.15) is 155 Å². The quantitative estimate of drug-likeness (QED) is 0.0155. The molecular weight excluding hydrogens is 1250 g/mol. The molecular formula is C75H100N8O13S. The van der Waals surface area contributed by atoms with Gasteiger partial charge in [-0.3, -0.25) is 28.9 Å². The van der Waals surface area contributed by atoms with Gasteiger partial charge >= 0.3 is 18.3 Å². The summed E-state index contributed by atoms with van der Waals surface area (Å²) in [6.45, 7) is 24.9. The number of sulfonamides is 1. The molecule has 0 aromatic heterocycles. The van der Waals surface area contributed by atoms with Crippen LogP contribution < -0.4 is 31.3 Å². The Morgan fingerprint density at radius 2 is 1.12 bits per heavy atom. The standard InChI is InChI=1S/C75H100N8O13S/c1-48(2)61(82(15)68(88)62(72(4,5)6)80-67(87)63(83(16)71(91)96-74(10,11)12)75(13,14)53-31-21-18-22-32-53)43-49(3)64(84)81-97(92,93)47-52-40-38-51(39-41-52)45-77-65(85)59(37-27-28-42-76-69(89)95-73(7,8)9)78-66(86)60(44-50-29-19-17-20-30-50)79-70(90)94-46-58-56-35-25-23-33-54(56)55-34-24-26-36-57(55)58/h17-26,29-36,38-41,43,48,58-63H,27-28,37,42,44-47H2,1-16H3,(H,76,89)(H,77,85)(H,78,86)(H,79,90)(H,80,87)(H,81,84)/b49-43+/t59-,60-,61+,62+,63+/m0/s1. The number of nitrogens with one attached hydrogen (secondary N) is 6. The number of likely N-dealkylation sites (N-methyl/N-ethyl adjacent to an activating group) is 2. The van der Waals surface area contributed by atoms with E-state index < -0.39 is 116 Å². The first-order valence-electron chi connectivity index (χ1n) is 33.0. The number of unbranched alkanes of at least 4 members (excludes halogenated alkanes) is 1. The van der Waals surface area contributed by atoms with E-state index in [0.29, 0.717) is 24.0 Å². The Balaban J connectivity index is 1.11. The molecule has 8 amide bonds. The third kappa shape index (κ3) is 22.5. The zero-order valence-corrected chi connectivity index (χ0v) is 59.9. The first-order chi connectivity index (χ1) is 45.3. The molecule has 0 aliphatic heterocycles. The number of carbonyl (C=O) groups is 8. The molecule has 0 bridgehead atoms. The average Bonchev–Trinajstić information content (AvgIpc) is 1.34. The van der Waals surface area contributed by atoms with Crippen LogP contribution >= 0.6 is 0 Å². The molecule has 0 heterocycles. The fourth-order valence-electron chi connectivity index (χ4n) is 11.7. The van der Waals surface area contributed by atoms with Gasteiger partial charge in [0.2, 0.25) is 33.7 Å². The van der Waals surface area contributed by atoms with E-state index in [1.54, 1.807) is 93.6 Å². The van der Waals surface area contributed by atoms with Crippen molar-refractivity contribution in [3.05, 3.63) is 178 Å². The van der Waals surface area contributed by atoms with Gasteiger partial charge < -0.3 is 45.7 Å². The van der Waals surface area contributed by atoms with Crippen LogP contribution in [0.5, 0.6) is 0 Å². The molecule has 22 heteroatoms. The number of hydrogen-bond donors (Lipinski definition) is 6. The van der Waals surface area contributed by atoms with Gasteiger partial charge in [0.25, 0.3) is 5.91 Å². The fourth-order valence-corrected chi connectivity index (χ4v) is 12.8. The van der Waals surface area contributed by atoms with Crippen molar-refractivity contribution in [2.75, 3.05) is 27.2 Å². The summed E-state index contributed by atoms with van der Waals surface area (Å²) in [5, 5.41) is 14.2. The van der Waals surface area contributed by atoms with Crippen molar-refractivity contribution < 1.29 is 61.0 Å². The number of ether oxygens (including phenoxy) is 3. The highest BCUT2D eigenvalue weighted by atomic mass is 32.2. The normalized spacial score (nSPS) is 14.2. The lowest BCUT2D eigenvalue weighted by molar-refractivity contribution is -0.141. The molecule has 0 radical (unpaired) electrons. The summed E-state index contributed by atoms with van der Waals surface area (Å²) >= 11 is 0. The van der Waals surface area contributed by atoms with Gasteiger partial charge in [0, 0.05) is 50.5 Å². The smallest absolute Gasteiger partial charge is 0.410 e. The second-order valence-corrected chi connectivity index (χ2v) is 30.6. The highest BCUT2D eigenvalue weighted by Crippen LogP contribution is 2.44. The van der Waals surface area contributed by atoms with Crippen LogP contribution in [0, 0.1) is 11.3 Å². The first-order valence-corrected chi connectivity index (χ1v) is 34.6. The molecule has 5 atom stereocenters. The molecule has 524 valence electrons. The third-order valence-electron chi connectivity index (χ3n) is 16.7. The molecule has 97 heavy (non-hydrogen) atoms. The molecule has 21 nitrogen and oxygen atoms in total. The van der Waals surface area contributed by atoms with Gasteiger partial charge in [-0.05, 0) is 124 Å². The van der Waals surface area contributed by atoms with Crippen LogP contribution in [0.25, 0.3) is 11.1 Å². The summed E-state index contributed by atoms with van der Waals surface area (Å²) < 4.78 is 46.4. The molecule has 0 fully saturated rings. The highest BCUT2D eigenvalue weighted by molar-refractivity contribution is 7.89. The zero-order chi connectivity index (χ0) is 71.8. The van der Waals surface area contributed by atoms with Gasteiger partial charge in [-0.1, -0.05) is 188 Å². The van der Waals surface area contributed by atoms with Crippen molar-refractivity contribution in [1.82, 2.24) is 41.1 Å². The Morgan fingerprint density at radius 3 is 1.68 bits per heavy atom. The Bertz CT molecular complexity index is 3660. The monoisotopic (exact) mass is 1350 g/mol. The number of carbonyl (C=O) groups excluding carboxylic acids is 8. The van der Waals surface area contributed by atoms with Crippen molar-refractivity contribution in [3.63, 3.8) is 0 Å². The number of amides is 8. The van der Waals surface area contributed by atoms with Crippen LogP contribution in [0.4, 0.5) is 14.4 Å². The number of rotatable bonds is 28. The summed E-state index contributed by atoms with van der Waals surface area (Å²) in [5.41, 5.74) is 3.16. The Morgan fingerprint density at radius 1 is 0.577 bits per heavy atom. The van der Waals surface area contributed by atoms with E-state index in [-0.39, 0.29) is 49.9 Å². The average molecular weight is 1350 g/mol. The summed E-state index contributed by atoms with van der Waals surface area (Å²) in [5.74, 6) is -4.30. The summed E-state index contributed by atoms with van der Waals surface area (Å²) in [6.07, 6.45) is 0.408. The summed E-state index contributed by atoms with van der Waals surface area (Å²) in [4.78, 5) is 114. The maximum atomic E-state index is 14.8. The van der Waals surface area contributed by atoms with Gasteiger partial charge in [0.15, 0.2) is 0 Å².